The minimum absolute atomic E-state index is 0.0955. The SMILES string of the molecule is Cc1nc(-c2ccccn2)sc1C(=O)NCc1ccccc1CN(C)C. The summed E-state index contributed by atoms with van der Waals surface area (Å²) in [6.45, 7) is 3.20. The van der Waals surface area contributed by atoms with Crippen molar-refractivity contribution in [3.8, 4) is 10.7 Å². The van der Waals surface area contributed by atoms with Gasteiger partial charge in [0.2, 0.25) is 0 Å². The number of aromatic nitrogens is 2. The van der Waals surface area contributed by atoms with Crippen LogP contribution in [0.5, 0.6) is 0 Å². The Hall–Kier alpha value is -2.57. The van der Waals surface area contributed by atoms with Gasteiger partial charge in [0.15, 0.2) is 0 Å². The second-order valence-electron chi connectivity index (χ2n) is 6.34. The van der Waals surface area contributed by atoms with Crippen LogP contribution in [0.15, 0.2) is 48.7 Å². The maximum atomic E-state index is 12.6. The molecule has 3 rings (SSSR count). The highest BCUT2D eigenvalue weighted by Crippen LogP contribution is 2.26. The highest BCUT2D eigenvalue weighted by atomic mass is 32.1. The molecule has 0 unspecified atom stereocenters. The summed E-state index contributed by atoms with van der Waals surface area (Å²) in [5.41, 5.74) is 3.86. The molecule has 0 aliphatic heterocycles. The molecule has 0 spiro atoms. The van der Waals surface area contributed by atoms with E-state index in [1.54, 1.807) is 6.20 Å². The van der Waals surface area contributed by atoms with Crippen molar-refractivity contribution in [2.45, 2.75) is 20.0 Å². The van der Waals surface area contributed by atoms with Crippen molar-refractivity contribution in [2.75, 3.05) is 14.1 Å². The lowest BCUT2D eigenvalue weighted by atomic mass is 10.1. The fourth-order valence-corrected chi connectivity index (χ4v) is 3.65. The summed E-state index contributed by atoms with van der Waals surface area (Å²) in [6, 6.07) is 13.9. The van der Waals surface area contributed by atoms with Crippen LogP contribution in [0.1, 0.15) is 26.5 Å². The number of hydrogen-bond acceptors (Lipinski definition) is 5. The summed E-state index contributed by atoms with van der Waals surface area (Å²) in [5.74, 6) is -0.0955. The van der Waals surface area contributed by atoms with Crippen LogP contribution in [-0.4, -0.2) is 34.9 Å². The molecule has 1 aromatic carbocycles. The Morgan fingerprint density at radius 1 is 1.12 bits per heavy atom. The number of hydrogen-bond donors (Lipinski definition) is 1. The maximum Gasteiger partial charge on any atom is 0.263 e. The van der Waals surface area contributed by atoms with Crippen LogP contribution in [0.3, 0.4) is 0 Å². The predicted octanol–water partition coefficient (Wildman–Crippen LogP) is 3.51. The standard InChI is InChI=1S/C20H22N4OS/c1-14-18(26-20(23-14)17-10-6-7-11-21-17)19(25)22-12-15-8-4-5-9-16(15)13-24(2)3/h4-11H,12-13H2,1-3H3,(H,22,25). The van der Waals surface area contributed by atoms with E-state index in [0.29, 0.717) is 11.4 Å². The lowest BCUT2D eigenvalue weighted by molar-refractivity contribution is 0.0954. The third-order valence-electron chi connectivity index (χ3n) is 3.93. The van der Waals surface area contributed by atoms with E-state index in [1.807, 2.05) is 51.4 Å². The maximum absolute atomic E-state index is 12.6. The van der Waals surface area contributed by atoms with E-state index in [2.05, 4.69) is 32.3 Å². The first-order chi connectivity index (χ1) is 12.5. The molecule has 0 bridgehead atoms. The number of nitrogens with zero attached hydrogens (tertiary/aromatic N) is 3. The molecule has 3 aromatic rings. The van der Waals surface area contributed by atoms with Gasteiger partial charge in [-0.2, -0.15) is 0 Å². The van der Waals surface area contributed by atoms with Crippen LogP contribution in [0.25, 0.3) is 10.7 Å². The molecule has 5 nitrogen and oxygen atoms in total. The zero-order valence-electron chi connectivity index (χ0n) is 15.2. The molecule has 1 N–H and O–H groups in total. The summed E-state index contributed by atoms with van der Waals surface area (Å²) in [6.07, 6.45) is 1.73. The van der Waals surface area contributed by atoms with Crippen LogP contribution in [0.4, 0.5) is 0 Å². The molecule has 1 amide bonds. The van der Waals surface area contributed by atoms with Crippen molar-refractivity contribution in [3.05, 3.63) is 70.4 Å². The molecule has 0 saturated carbocycles. The average molecular weight is 366 g/mol. The molecule has 6 heteroatoms. The van der Waals surface area contributed by atoms with Crippen molar-refractivity contribution in [2.24, 2.45) is 0 Å². The van der Waals surface area contributed by atoms with Crippen molar-refractivity contribution < 1.29 is 4.79 Å². The van der Waals surface area contributed by atoms with E-state index in [-0.39, 0.29) is 5.91 Å². The Labute approximate surface area is 157 Å². The molecule has 2 heterocycles. The minimum Gasteiger partial charge on any atom is -0.347 e. The van der Waals surface area contributed by atoms with E-state index in [4.69, 9.17) is 0 Å². The number of benzene rings is 1. The van der Waals surface area contributed by atoms with Gasteiger partial charge < -0.3 is 10.2 Å². The predicted molar refractivity (Wildman–Crippen MR) is 105 cm³/mol. The van der Waals surface area contributed by atoms with Crippen LogP contribution < -0.4 is 5.32 Å². The second kappa shape index (κ2) is 8.21. The highest BCUT2D eigenvalue weighted by molar-refractivity contribution is 7.17. The monoisotopic (exact) mass is 366 g/mol. The van der Waals surface area contributed by atoms with Gasteiger partial charge in [-0.25, -0.2) is 4.98 Å². The number of rotatable bonds is 6. The minimum atomic E-state index is -0.0955. The Kier molecular flexibility index (Phi) is 5.75. The van der Waals surface area contributed by atoms with Crippen LogP contribution >= 0.6 is 11.3 Å². The molecule has 0 radical (unpaired) electrons. The Morgan fingerprint density at radius 3 is 2.54 bits per heavy atom. The lowest BCUT2D eigenvalue weighted by Gasteiger charge is -2.14. The topological polar surface area (TPSA) is 58.1 Å². The van der Waals surface area contributed by atoms with Crippen molar-refractivity contribution >= 4 is 17.2 Å². The zero-order chi connectivity index (χ0) is 18.5. The van der Waals surface area contributed by atoms with Gasteiger partial charge in [0.05, 0.1) is 11.4 Å². The smallest absolute Gasteiger partial charge is 0.263 e. The Bertz CT molecular complexity index is 890. The van der Waals surface area contributed by atoms with Gasteiger partial charge in [0.25, 0.3) is 5.91 Å². The van der Waals surface area contributed by atoms with Gasteiger partial charge in [0.1, 0.15) is 9.88 Å². The Balaban J connectivity index is 1.73. The fraction of sp³-hybridized carbons (Fsp3) is 0.250. The molecule has 26 heavy (non-hydrogen) atoms. The van der Waals surface area contributed by atoms with E-state index in [0.717, 1.165) is 28.5 Å². The molecular formula is C20H22N4OS. The van der Waals surface area contributed by atoms with Gasteiger partial charge in [0, 0.05) is 19.3 Å². The molecule has 0 aliphatic carbocycles. The van der Waals surface area contributed by atoms with E-state index in [1.165, 1.54) is 16.9 Å². The molecule has 0 aliphatic rings. The number of nitrogens with one attached hydrogen (secondary N) is 1. The zero-order valence-corrected chi connectivity index (χ0v) is 16.0. The van der Waals surface area contributed by atoms with Gasteiger partial charge in [-0.3, -0.25) is 9.78 Å². The lowest BCUT2D eigenvalue weighted by Crippen LogP contribution is -2.24. The largest absolute Gasteiger partial charge is 0.347 e. The van der Waals surface area contributed by atoms with Gasteiger partial charge >= 0.3 is 0 Å². The van der Waals surface area contributed by atoms with Gasteiger partial charge in [-0.05, 0) is 44.3 Å². The number of aryl methyl sites for hydroxylation is 1. The molecule has 2 aromatic heterocycles. The van der Waals surface area contributed by atoms with Crippen LogP contribution in [0, 0.1) is 6.92 Å². The number of carbonyl (C=O) groups excluding carboxylic acids is 1. The number of carbonyl (C=O) groups is 1. The van der Waals surface area contributed by atoms with Gasteiger partial charge in [-0.1, -0.05) is 30.3 Å². The van der Waals surface area contributed by atoms with Crippen molar-refractivity contribution in [3.63, 3.8) is 0 Å². The molecule has 0 fully saturated rings. The first-order valence-electron chi connectivity index (χ1n) is 8.43. The average Bonchev–Trinajstić information content (AvgIpc) is 3.03. The summed E-state index contributed by atoms with van der Waals surface area (Å²) in [7, 11) is 4.07. The Morgan fingerprint density at radius 2 is 1.85 bits per heavy atom. The molecular weight excluding hydrogens is 344 g/mol. The number of thiazole rings is 1. The van der Waals surface area contributed by atoms with E-state index in [9.17, 15) is 4.79 Å². The normalized spacial score (nSPS) is 10.9. The third-order valence-corrected chi connectivity index (χ3v) is 5.11. The van der Waals surface area contributed by atoms with Gasteiger partial charge in [-0.15, -0.1) is 11.3 Å². The quantitative estimate of drug-likeness (QED) is 0.725. The van der Waals surface area contributed by atoms with Crippen molar-refractivity contribution in [1.29, 1.82) is 0 Å². The molecule has 134 valence electrons. The first kappa shape index (κ1) is 18.2. The number of amides is 1. The number of pyridine rings is 1. The summed E-state index contributed by atoms with van der Waals surface area (Å²) < 4.78 is 0. The van der Waals surface area contributed by atoms with E-state index >= 15 is 0 Å². The first-order valence-corrected chi connectivity index (χ1v) is 9.25. The summed E-state index contributed by atoms with van der Waals surface area (Å²) in [4.78, 5) is 24.2. The van der Waals surface area contributed by atoms with Crippen LogP contribution in [0.2, 0.25) is 0 Å². The van der Waals surface area contributed by atoms with E-state index < -0.39 is 0 Å². The second-order valence-corrected chi connectivity index (χ2v) is 7.34. The summed E-state index contributed by atoms with van der Waals surface area (Å²) >= 11 is 1.38. The summed E-state index contributed by atoms with van der Waals surface area (Å²) in [5, 5.41) is 3.79. The molecule has 0 saturated heterocycles. The third kappa shape index (κ3) is 4.33. The fourth-order valence-electron chi connectivity index (χ4n) is 2.69. The molecule has 0 atom stereocenters. The van der Waals surface area contributed by atoms with Crippen LogP contribution in [-0.2, 0) is 13.1 Å². The highest BCUT2D eigenvalue weighted by Gasteiger charge is 2.17. The van der Waals surface area contributed by atoms with Crippen molar-refractivity contribution in [1.82, 2.24) is 20.2 Å².